The fraction of sp³-hybridized carbons (Fsp3) is 0.0500. The third-order valence-electron chi connectivity index (χ3n) is 3.85. The number of amides is 2. The average Bonchev–Trinajstić information content (AvgIpc) is 2.66. The van der Waals surface area contributed by atoms with E-state index in [4.69, 9.17) is 17.0 Å². The molecular formula is C20H15FN2O3S. The van der Waals surface area contributed by atoms with Crippen molar-refractivity contribution < 1.29 is 18.7 Å². The highest BCUT2D eigenvalue weighted by atomic mass is 32.1. The number of allylic oxidation sites excluding steroid dienone is 2. The fourth-order valence-corrected chi connectivity index (χ4v) is 2.75. The number of hydrogen-bond donors (Lipinski definition) is 1. The van der Waals surface area contributed by atoms with Gasteiger partial charge in [0.15, 0.2) is 5.11 Å². The van der Waals surface area contributed by atoms with Gasteiger partial charge in [-0.1, -0.05) is 24.3 Å². The van der Waals surface area contributed by atoms with Gasteiger partial charge < -0.3 is 4.74 Å². The van der Waals surface area contributed by atoms with Crippen molar-refractivity contribution in [3.63, 3.8) is 0 Å². The van der Waals surface area contributed by atoms with Crippen LogP contribution in [0.15, 0.2) is 66.3 Å². The molecule has 5 nitrogen and oxygen atoms in total. The van der Waals surface area contributed by atoms with E-state index in [0.29, 0.717) is 5.69 Å². The first-order valence-corrected chi connectivity index (χ1v) is 8.38. The summed E-state index contributed by atoms with van der Waals surface area (Å²) >= 11 is 5.08. The van der Waals surface area contributed by atoms with Crippen LogP contribution in [-0.2, 0) is 9.59 Å². The summed E-state index contributed by atoms with van der Waals surface area (Å²) < 4.78 is 18.2. The lowest BCUT2D eigenvalue weighted by atomic mass is 10.1. The Hall–Kier alpha value is -3.32. The predicted molar refractivity (Wildman–Crippen MR) is 105 cm³/mol. The summed E-state index contributed by atoms with van der Waals surface area (Å²) in [6.45, 7) is 0. The summed E-state index contributed by atoms with van der Waals surface area (Å²) in [5, 5.41) is 2.42. The maximum absolute atomic E-state index is 13.1. The predicted octanol–water partition coefficient (Wildman–Crippen LogP) is 3.22. The van der Waals surface area contributed by atoms with Gasteiger partial charge in [-0.2, -0.15) is 0 Å². The third-order valence-corrected chi connectivity index (χ3v) is 4.14. The summed E-state index contributed by atoms with van der Waals surface area (Å²) in [4.78, 5) is 26.0. The Morgan fingerprint density at radius 1 is 1.07 bits per heavy atom. The van der Waals surface area contributed by atoms with Crippen molar-refractivity contribution in [1.82, 2.24) is 5.32 Å². The van der Waals surface area contributed by atoms with Crippen molar-refractivity contribution in [2.24, 2.45) is 0 Å². The summed E-state index contributed by atoms with van der Waals surface area (Å²) in [7, 11) is 1.58. The molecular weight excluding hydrogens is 367 g/mol. The van der Waals surface area contributed by atoms with Crippen LogP contribution in [0.25, 0.3) is 6.08 Å². The number of nitrogens with one attached hydrogen (secondary N) is 1. The molecule has 0 aliphatic carbocycles. The molecule has 7 heteroatoms. The largest absolute Gasteiger partial charge is 0.497 e. The fourth-order valence-electron chi connectivity index (χ4n) is 2.47. The molecule has 1 saturated heterocycles. The SMILES string of the molecule is COc1ccc(/C=C/C=C2/C(=O)NC(=S)N(c3ccc(F)cc3)C2=O)cc1. The minimum atomic E-state index is -0.581. The van der Waals surface area contributed by atoms with Crippen LogP contribution >= 0.6 is 12.2 Å². The van der Waals surface area contributed by atoms with Gasteiger partial charge in [-0.05, 0) is 60.3 Å². The van der Waals surface area contributed by atoms with Gasteiger partial charge in [0.1, 0.15) is 17.1 Å². The molecule has 2 aromatic carbocycles. The summed E-state index contributed by atoms with van der Waals surface area (Å²) in [5.41, 5.74) is 1.18. The summed E-state index contributed by atoms with van der Waals surface area (Å²) in [5.74, 6) is -0.857. The van der Waals surface area contributed by atoms with E-state index in [2.05, 4.69) is 5.32 Å². The van der Waals surface area contributed by atoms with Crippen molar-refractivity contribution in [2.45, 2.75) is 0 Å². The highest BCUT2D eigenvalue weighted by molar-refractivity contribution is 7.80. The van der Waals surface area contributed by atoms with E-state index in [-0.39, 0.29) is 10.7 Å². The third kappa shape index (κ3) is 4.09. The van der Waals surface area contributed by atoms with Gasteiger partial charge in [0.25, 0.3) is 11.8 Å². The zero-order valence-electron chi connectivity index (χ0n) is 14.3. The summed E-state index contributed by atoms with van der Waals surface area (Å²) in [6.07, 6.45) is 4.77. The smallest absolute Gasteiger partial charge is 0.270 e. The van der Waals surface area contributed by atoms with E-state index < -0.39 is 17.6 Å². The molecule has 0 bridgehead atoms. The van der Waals surface area contributed by atoms with Crippen LogP contribution in [0, 0.1) is 5.82 Å². The highest BCUT2D eigenvalue weighted by Gasteiger charge is 2.34. The lowest BCUT2D eigenvalue weighted by Gasteiger charge is -2.28. The standard InChI is InChI=1S/C20H15FN2O3S/c1-26-16-11-5-13(6-12-16)3-2-4-17-18(24)22-20(27)23(19(17)25)15-9-7-14(21)8-10-15/h2-12H,1H3,(H,22,24,27)/b3-2+,17-4-. The van der Waals surface area contributed by atoms with Crippen molar-refractivity contribution in [2.75, 3.05) is 12.0 Å². The van der Waals surface area contributed by atoms with Gasteiger partial charge in [0.2, 0.25) is 0 Å². The minimum absolute atomic E-state index is 0.0482. The molecule has 0 aromatic heterocycles. The van der Waals surface area contributed by atoms with Gasteiger partial charge in [-0.15, -0.1) is 0 Å². The number of nitrogens with zero attached hydrogens (tertiary/aromatic N) is 1. The number of halogens is 1. The van der Waals surface area contributed by atoms with E-state index in [9.17, 15) is 14.0 Å². The molecule has 27 heavy (non-hydrogen) atoms. The Labute approximate surface area is 160 Å². The monoisotopic (exact) mass is 382 g/mol. The molecule has 2 amide bonds. The molecule has 0 atom stereocenters. The Morgan fingerprint density at radius 2 is 1.74 bits per heavy atom. The Bertz CT molecular complexity index is 950. The number of hydrogen-bond acceptors (Lipinski definition) is 4. The van der Waals surface area contributed by atoms with Crippen molar-refractivity contribution in [3.8, 4) is 5.75 Å². The molecule has 0 unspecified atom stereocenters. The number of benzene rings is 2. The molecule has 0 spiro atoms. The molecule has 3 rings (SSSR count). The average molecular weight is 382 g/mol. The number of carbonyl (C=O) groups excluding carboxylic acids is 2. The number of carbonyl (C=O) groups is 2. The van der Waals surface area contributed by atoms with E-state index >= 15 is 0 Å². The zero-order chi connectivity index (χ0) is 19.4. The molecule has 0 radical (unpaired) electrons. The Morgan fingerprint density at radius 3 is 2.37 bits per heavy atom. The number of thiocarbonyl (C=S) groups is 1. The lowest BCUT2D eigenvalue weighted by Crippen LogP contribution is -2.54. The molecule has 0 saturated carbocycles. The maximum atomic E-state index is 13.1. The maximum Gasteiger partial charge on any atom is 0.270 e. The molecule has 1 fully saturated rings. The van der Waals surface area contributed by atoms with Crippen LogP contribution < -0.4 is 15.0 Å². The topological polar surface area (TPSA) is 58.6 Å². The molecule has 1 N–H and O–H groups in total. The van der Waals surface area contributed by atoms with Gasteiger partial charge in [0, 0.05) is 0 Å². The van der Waals surface area contributed by atoms with E-state index in [1.165, 1.54) is 30.3 Å². The second-order valence-corrected chi connectivity index (χ2v) is 5.98. The van der Waals surface area contributed by atoms with Crippen LogP contribution in [0.5, 0.6) is 5.75 Å². The molecule has 1 aliphatic rings. The minimum Gasteiger partial charge on any atom is -0.497 e. The summed E-state index contributed by atoms with van der Waals surface area (Å²) in [6, 6.07) is 12.6. The first-order valence-electron chi connectivity index (χ1n) is 7.97. The van der Waals surface area contributed by atoms with Crippen LogP contribution in [0.3, 0.4) is 0 Å². The molecule has 1 heterocycles. The zero-order valence-corrected chi connectivity index (χ0v) is 15.1. The second-order valence-electron chi connectivity index (χ2n) is 5.59. The second kappa shape index (κ2) is 7.92. The quantitative estimate of drug-likeness (QED) is 0.501. The van der Waals surface area contributed by atoms with Crippen LogP contribution in [-0.4, -0.2) is 24.0 Å². The van der Waals surface area contributed by atoms with Gasteiger partial charge >= 0.3 is 0 Å². The van der Waals surface area contributed by atoms with Gasteiger partial charge in [-0.25, -0.2) is 4.39 Å². The number of methoxy groups -OCH3 is 1. The normalized spacial score (nSPS) is 16.1. The van der Waals surface area contributed by atoms with E-state index in [1.807, 2.05) is 12.1 Å². The highest BCUT2D eigenvalue weighted by Crippen LogP contribution is 2.21. The van der Waals surface area contributed by atoms with Gasteiger partial charge in [-0.3, -0.25) is 19.8 Å². The number of anilines is 1. The number of rotatable bonds is 4. The Kier molecular flexibility index (Phi) is 5.42. The van der Waals surface area contributed by atoms with Crippen molar-refractivity contribution in [1.29, 1.82) is 0 Å². The lowest BCUT2D eigenvalue weighted by molar-refractivity contribution is -0.122. The van der Waals surface area contributed by atoms with Gasteiger partial charge in [0.05, 0.1) is 12.8 Å². The molecule has 1 aliphatic heterocycles. The van der Waals surface area contributed by atoms with E-state index in [0.717, 1.165) is 16.2 Å². The molecule has 136 valence electrons. The first-order chi connectivity index (χ1) is 13.0. The van der Waals surface area contributed by atoms with Crippen molar-refractivity contribution in [3.05, 3.63) is 77.6 Å². The number of ether oxygens (including phenoxy) is 1. The van der Waals surface area contributed by atoms with E-state index in [1.54, 1.807) is 31.4 Å². The van der Waals surface area contributed by atoms with Crippen LogP contribution in [0.2, 0.25) is 0 Å². The first kappa shape index (κ1) is 18.5. The Balaban J connectivity index is 1.84. The van der Waals surface area contributed by atoms with Crippen molar-refractivity contribution >= 4 is 40.9 Å². The van der Waals surface area contributed by atoms with Crippen LogP contribution in [0.1, 0.15) is 5.56 Å². The molecule has 2 aromatic rings. The van der Waals surface area contributed by atoms with Crippen LogP contribution in [0.4, 0.5) is 10.1 Å².